The van der Waals surface area contributed by atoms with Crippen molar-refractivity contribution in [1.29, 1.82) is 0 Å². The summed E-state index contributed by atoms with van der Waals surface area (Å²) in [5, 5.41) is 9.08. The Labute approximate surface area is 175 Å². The Kier molecular flexibility index (Phi) is 5.63. The minimum absolute atomic E-state index is 0.203. The van der Waals surface area contributed by atoms with Gasteiger partial charge < -0.3 is 4.42 Å². The summed E-state index contributed by atoms with van der Waals surface area (Å²) in [6, 6.07) is 13.5. The van der Waals surface area contributed by atoms with Gasteiger partial charge in [0.05, 0.1) is 18.4 Å². The molecule has 4 aromatic rings. The molecule has 0 aliphatic rings. The lowest BCUT2D eigenvalue weighted by molar-refractivity contribution is -0.138. The number of hydrogen-bond acceptors (Lipinski definition) is 5. The molecule has 3 heterocycles. The first-order chi connectivity index (χ1) is 14.4. The highest BCUT2D eigenvalue weighted by molar-refractivity contribution is 7.98. The van der Waals surface area contributed by atoms with Gasteiger partial charge in [0.1, 0.15) is 11.5 Å². The van der Waals surface area contributed by atoms with Crippen LogP contribution in [0.25, 0.3) is 11.5 Å². The first-order valence-electron chi connectivity index (χ1n) is 9.08. The zero-order chi connectivity index (χ0) is 21.1. The van der Waals surface area contributed by atoms with Gasteiger partial charge in [0.25, 0.3) is 0 Å². The van der Waals surface area contributed by atoms with Crippen LogP contribution >= 0.6 is 11.8 Å². The van der Waals surface area contributed by atoms with Crippen molar-refractivity contribution in [3.8, 4) is 11.5 Å². The molecule has 3 aromatic heterocycles. The first-order valence-corrected chi connectivity index (χ1v) is 10.1. The third-order valence-corrected chi connectivity index (χ3v) is 5.52. The Balaban J connectivity index is 1.62. The topological polar surface area (TPSA) is 56.7 Å². The van der Waals surface area contributed by atoms with E-state index in [0.29, 0.717) is 40.3 Å². The average Bonchev–Trinajstić information content (AvgIpc) is 3.38. The van der Waals surface area contributed by atoms with Crippen LogP contribution in [0.2, 0.25) is 0 Å². The molecule has 4 rings (SSSR count). The first kappa shape index (κ1) is 20.2. The van der Waals surface area contributed by atoms with Crippen LogP contribution in [0.1, 0.15) is 22.5 Å². The molecule has 0 spiro atoms. The van der Waals surface area contributed by atoms with E-state index >= 15 is 0 Å². The maximum Gasteiger partial charge on any atom is 0.416 e. The fraction of sp³-hybridized carbons (Fsp3) is 0.190. The van der Waals surface area contributed by atoms with Crippen molar-refractivity contribution in [3.05, 3.63) is 83.4 Å². The molecule has 0 radical (unpaired) electrons. The van der Waals surface area contributed by atoms with Crippen LogP contribution in [0.5, 0.6) is 0 Å². The summed E-state index contributed by atoms with van der Waals surface area (Å²) >= 11 is 1.32. The molecule has 0 aliphatic heterocycles. The molecule has 0 amide bonds. The highest BCUT2D eigenvalue weighted by atomic mass is 32.2. The van der Waals surface area contributed by atoms with Crippen LogP contribution in [0.4, 0.5) is 13.2 Å². The van der Waals surface area contributed by atoms with E-state index in [4.69, 9.17) is 4.42 Å². The van der Waals surface area contributed by atoms with Crippen LogP contribution in [0.15, 0.2) is 70.6 Å². The van der Waals surface area contributed by atoms with E-state index in [0.717, 1.165) is 0 Å². The molecule has 1 aromatic carbocycles. The van der Waals surface area contributed by atoms with Gasteiger partial charge >= 0.3 is 6.18 Å². The van der Waals surface area contributed by atoms with Crippen LogP contribution in [-0.2, 0) is 18.5 Å². The quantitative estimate of drug-likeness (QED) is 0.373. The fourth-order valence-electron chi connectivity index (χ4n) is 2.99. The molecule has 0 fully saturated rings. The molecular formula is C21H17F3N4OS. The standard InChI is InChI=1S/C21H17F3N4OS/c1-14-7-8-15(11-17(14)21(22,23)24)13-30-20-27-26-19(18-6-2-3-9-25-18)28(20)12-16-5-4-10-29-16/h2-11H,12-13H2,1H3. The van der Waals surface area contributed by atoms with Crippen LogP contribution in [0.3, 0.4) is 0 Å². The van der Waals surface area contributed by atoms with Crippen molar-refractivity contribution in [3.63, 3.8) is 0 Å². The summed E-state index contributed by atoms with van der Waals surface area (Å²) in [6.07, 6.45) is -1.13. The summed E-state index contributed by atoms with van der Waals surface area (Å²) in [7, 11) is 0. The van der Waals surface area contributed by atoms with E-state index in [2.05, 4.69) is 15.2 Å². The summed E-state index contributed by atoms with van der Waals surface area (Å²) < 4.78 is 46.9. The molecule has 0 N–H and O–H groups in total. The van der Waals surface area contributed by atoms with Gasteiger partial charge in [-0.15, -0.1) is 10.2 Å². The van der Waals surface area contributed by atoms with Gasteiger partial charge in [-0.2, -0.15) is 13.2 Å². The minimum Gasteiger partial charge on any atom is -0.467 e. The SMILES string of the molecule is Cc1ccc(CSc2nnc(-c3ccccn3)n2Cc2ccco2)cc1C(F)(F)F. The Morgan fingerprint density at radius 1 is 1.07 bits per heavy atom. The zero-order valence-electron chi connectivity index (χ0n) is 15.9. The Bertz CT molecular complexity index is 1130. The van der Waals surface area contributed by atoms with Gasteiger partial charge in [-0.3, -0.25) is 9.55 Å². The fourth-order valence-corrected chi connectivity index (χ4v) is 3.87. The maximum atomic E-state index is 13.2. The predicted octanol–water partition coefficient (Wildman–Crippen LogP) is 5.60. The molecule has 5 nitrogen and oxygen atoms in total. The van der Waals surface area contributed by atoms with Crippen LogP contribution in [-0.4, -0.2) is 19.7 Å². The van der Waals surface area contributed by atoms with Gasteiger partial charge in [-0.1, -0.05) is 30.0 Å². The van der Waals surface area contributed by atoms with E-state index in [1.807, 2.05) is 28.8 Å². The minimum atomic E-state index is -4.38. The van der Waals surface area contributed by atoms with Crippen molar-refractivity contribution >= 4 is 11.8 Å². The number of furan rings is 1. The van der Waals surface area contributed by atoms with E-state index in [1.165, 1.54) is 30.8 Å². The molecule has 0 unspecified atom stereocenters. The number of hydrogen-bond donors (Lipinski definition) is 0. The molecule has 30 heavy (non-hydrogen) atoms. The lowest BCUT2D eigenvalue weighted by Crippen LogP contribution is -2.08. The predicted molar refractivity (Wildman–Crippen MR) is 107 cm³/mol. The molecule has 9 heteroatoms. The average molecular weight is 430 g/mol. The van der Waals surface area contributed by atoms with Crippen molar-refractivity contribution in [2.24, 2.45) is 0 Å². The van der Waals surface area contributed by atoms with E-state index in [1.54, 1.807) is 24.6 Å². The molecule has 0 bridgehead atoms. The second kappa shape index (κ2) is 8.35. The molecule has 0 saturated heterocycles. The third-order valence-electron chi connectivity index (χ3n) is 4.48. The lowest BCUT2D eigenvalue weighted by atomic mass is 10.1. The van der Waals surface area contributed by atoms with E-state index in [-0.39, 0.29) is 5.56 Å². The Hall–Kier alpha value is -3.07. The summed E-state index contributed by atoms with van der Waals surface area (Å²) in [5.41, 5.74) is 0.796. The van der Waals surface area contributed by atoms with Crippen LogP contribution < -0.4 is 0 Å². The summed E-state index contributed by atoms with van der Waals surface area (Å²) in [6.45, 7) is 1.84. The van der Waals surface area contributed by atoms with Gasteiger partial charge in [0.2, 0.25) is 0 Å². The van der Waals surface area contributed by atoms with Crippen molar-refractivity contribution in [2.75, 3.05) is 0 Å². The second-order valence-electron chi connectivity index (χ2n) is 6.62. The number of benzene rings is 1. The molecule has 0 atom stereocenters. The Morgan fingerprint density at radius 3 is 2.63 bits per heavy atom. The Morgan fingerprint density at radius 2 is 1.93 bits per heavy atom. The molecular weight excluding hydrogens is 413 g/mol. The smallest absolute Gasteiger partial charge is 0.416 e. The van der Waals surface area contributed by atoms with Crippen molar-refractivity contribution in [1.82, 2.24) is 19.7 Å². The van der Waals surface area contributed by atoms with Crippen molar-refractivity contribution in [2.45, 2.75) is 30.6 Å². The maximum absolute atomic E-state index is 13.2. The monoisotopic (exact) mass is 430 g/mol. The van der Waals surface area contributed by atoms with E-state index < -0.39 is 11.7 Å². The van der Waals surface area contributed by atoms with Gasteiger partial charge in [-0.05, 0) is 48.4 Å². The largest absolute Gasteiger partial charge is 0.467 e. The lowest BCUT2D eigenvalue weighted by Gasteiger charge is -2.12. The van der Waals surface area contributed by atoms with E-state index in [9.17, 15) is 13.2 Å². The van der Waals surface area contributed by atoms with Gasteiger partial charge in [-0.25, -0.2) is 0 Å². The number of pyridine rings is 1. The summed E-state index contributed by atoms with van der Waals surface area (Å²) in [4.78, 5) is 4.33. The zero-order valence-corrected chi connectivity index (χ0v) is 16.7. The second-order valence-corrected chi connectivity index (χ2v) is 7.56. The number of rotatable bonds is 6. The number of aromatic nitrogens is 4. The van der Waals surface area contributed by atoms with Gasteiger partial charge in [0.15, 0.2) is 11.0 Å². The van der Waals surface area contributed by atoms with Crippen molar-refractivity contribution < 1.29 is 17.6 Å². The summed E-state index contributed by atoms with van der Waals surface area (Å²) in [5.74, 6) is 1.60. The number of aryl methyl sites for hydroxylation is 1. The number of nitrogens with zero attached hydrogens (tertiary/aromatic N) is 4. The van der Waals surface area contributed by atoms with Crippen LogP contribution in [0, 0.1) is 6.92 Å². The molecule has 154 valence electrons. The molecule has 0 aliphatic carbocycles. The highest BCUT2D eigenvalue weighted by Gasteiger charge is 2.32. The number of thioether (sulfide) groups is 1. The third kappa shape index (κ3) is 4.40. The molecule has 0 saturated carbocycles. The number of halogens is 3. The highest BCUT2D eigenvalue weighted by Crippen LogP contribution is 2.34. The van der Waals surface area contributed by atoms with Gasteiger partial charge in [0, 0.05) is 11.9 Å². The number of alkyl halides is 3. The normalized spacial score (nSPS) is 11.7.